The molecule has 1 aliphatic rings. The van der Waals surface area contributed by atoms with Gasteiger partial charge in [0.25, 0.3) is 0 Å². The van der Waals surface area contributed by atoms with Gasteiger partial charge in [0.15, 0.2) is 0 Å². The summed E-state index contributed by atoms with van der Waals surface area (Å²) in [6.07, 6.45) is 4.98. The second-order valence-electron chi connectivity index (χ2n) is 6.09. The van der Waals surface area contributed by atoms with Gasteiger partial charge < -0.3 is 10.0 Å². The molecule has 0 amide bonds. The molecule has 0 aromatic carbocycles. The molecule has 2 N–H and O–H groups in total. The molecule has 1 unspecified atom stereocenters. The fraction of sp³-hybridized carbons (Fsp3) is 0.929. The number of carboxylic acids is 1. The molecule has 0 aliphatic heterocycles. The zero-order chi connectivity index (χ0) is 13.8. The van der Waals surface area contributed by atoms with E-state index in [0.29, 0.717) is 18.5 Å². The van der Waals surface area contributed by atoms with Crippen molar-refractivity contribution in [3.8, 4) is 0 Å². The van der Waals surface area contributed by atoms with E-state index in [-0.39, 0.29) is 0 Å². The van der Waals surface area contributed by atoms with Gasteiger partial charge >= 0.3 is 5.97 Å². The van der Waals surface area contributed by atoms with Crippen LogP contribution in [0.25, 0.3) is 0 Å². The molecule has 4 nitrogen and oxygen atoms in total. The molecule has 0 radical (unpaired) electrons. The molecule has 1 aliphatic carbocycles. The number of carbonyl (C=O) groups is 1. The van der Waals surface area contributed by atoms with Gasteiger partial charge in [-0.25, -0.2) is 0 Å². The zero-order valence-electron chi connectivity index (χ0n) is 12.2. The highest BCUT2D eigenvalue weighted by Gasteiger charge is 2.37. The Morgan fingerprint density at radius 3 is 2.50 bits per heavy atom. The van der Waals surface area contributed by atoms with E-state index in [0.717, 1.165) is 32.2 Å². The summed E-state index contributed by atoms with van der Waals surface area (Å²) >= 11 is 0. The zero-order valence-corrected chi connectivity index (χ0v) is 12.2. The van der Waals surface area contributed by atoms with Crippen LogP contribution in [-0.2, 0) is 4.79 Å². The summed E-state index contributed by atoms with van der Waals surface area (Å²) in [5.41, 5.74) is -0.739. The van der Waals surface area contributed by atoms with Gasteiger partial charge in [-0.2, -0.15) is 0 Å². The molecule has 1 atom stereocenters. The summed E-state index contributed by atoms with van der Waals surface area (Å²) < 4.78 is 0. The molecule has 0 spiro atoms. The SMILES string of the molecule is CC(C)N(C)CCCCC(C)(NC1CC1)C(=O)O. The molecule has 4 heteroatoms. The molecule has 0 bridgehead atoms. The Hall–Kier alpha value is -0.610. The molecule has 0 aromatic rings. The first-order chi connectivity index (χ1) is 8.35. The monoisotopic (exact) mass is 256 g/mol. The molecule has 0 aromatic heterocycles. The number of unbranched alkanes of at least 4 members (excludes halogenated alkanes) is 1. The predicted molar refractivity (Wildman–Crippen MR) is 73.8 cm³/mol. The summed E-state index contributed by atoms with van der Waals surface area (Å²) in [7, 11) is 2.11. The van der Waals surface area contributed by atoms with Crippen LogP contribution in [0.3, 0.4) is 0 Å². The van der Waals surface area contributed by atoms with Crippen molar-refractivity contribution in [2.24, 2.45) is 0 Å². The third-order valence-corrected chi connectivity index (χ3v) is 3.89. The van der Waals surface area contributed by atoms with Crippen LogP contribution in [0.5, 0.6) is 0 Å². The van der Waals surface area contributed by atoms with Crippen molar-refractivity contribution in [1.29, 1.82) is 0 Å². The molecular weight excluding hydrogens is 228 g/mol. The molecule has 0 heterocycles. The van der Waals surface area contributed by atoms with Crippen LogP contribution in [0.15, 0.2) is 0 Å². The van der Waals surface area contributed by atoms with Crippen LogP contribution in [0.2, 0.25) is 0 Å². The number of nitrogens with zero attached hydrogens (tertiary/aromatic N) is 1. The van der Waals surface area contributed by atoms with Gasteiger partial charge in [0.1, 0.15) is 5.54 Å². The van der Waals surface area contributed by atoms with Gasteiger partial charge in [0.2, 0.25) is 0 Å². The third kappa shape index (κ3) is 4.94. The van der Waals surface area contributed by atoms with Crippen LogP contribution in [-0.4, -0.2) is 47.2 Å². The average Bonchev–Trinajstić information content (AvgIpc) is 3.07. The minimum absolute atomic E-state index is 0.435. The molecule has 1 rings (SSSR count). The quantitative estimate of drug-likeness (QED) is 0.620. The van der Waals surface area contributed by atoms with Crippen LogP contribution < -0.4 is 5.32 Å². The Morgan fingerprint density at radius 2 is 2.06 bits per heavy atom. The predicted octanol–water partition coefficient (Wildman–Crippen LogP) is 2.09. The van der Waals surface area contributed by atoms with E-state index in [4.69, 9.17) is 0 Å². The lowest BCUT2D eigenvalue weighted by Gasteiger charge is -2.27. The van der Waals surface area contributed by atoms with Gasteiger partial charge in [0, 0.05) is 12.1 Å². The maximum Gasteiger partial charge on any atom is 0.323 e. The summed E-state index contributed by atoms with van der Waals surface area (Å²) in [6, 6.07) is 0.991. The van der Waals surface area contributed by atoms with Crippen molar-refractivity contribution < 1.29 is 9.90 Å². The standard InChI is InChI=1S/C14H28N2O2/c1-11(2)16(4)10-6-5-9-14(3,13(17)18)15-12-7-8-12/h11-12,15H,5-10H2,1-4H3,(H,17,18). The second-order valence-corrected chi connectivity index (χ2v) is 6.09. The number of rotatable bonds is 9. The first-order valence-corrected chi connectivity index (χ1v) is 7.06. The maximum atomic E-state index is 11.3. The fourth-order valence-corrected chi connectivity index (χ4v) is 2.02. The lowest BCUT2D eigenvalue weighted by atomic mass is 9.94. The van der Waals surface area contributed by atoms with Crippen molar-refractivity contribution in [3.63, 3.8) is 0 Å². The lowest BCUT2D eigenvalue weighted by Crippen LogP contribution is -2.50. The largest absolute Gasteiger partial charge is 0.480 e. The average molecular weight is 256 g/mol. The van der Waals surface area contributed by atoms with E-state index in [9.17, 15) is 9.90 Å². The molecule has 0 saturated heterocycles. The van der Waals surface area contributed by atoms with E-state index >= 15 is 0 Å². The van der Waals surface area contributed by atoms with Gasteiger partial charge in [-0.1, -0.05) is 0 Å². The Bertz CT molecular complexity index is 277. The van der Waals surface area contributed by atoms with Crippen molar-refractivity contribution in [2.75, 3.05) is 13.6 Å². The maximum absolute atomic E-state index is 11.3. The number of aliphatic carboxylic acids is 1. The normalized spacial score (nSPS) is 19.2. The molecule has 1 fully saturated rings. The summed E-state index contributed by atoms with van der Waals surface area (Å²) in [5, 5.41) is 12.6. The van der Waals surface area contributed by atoms with Crippen LogP contribution in [0, 0.1) is 0 Å². The summed E-state index contributed by atoms with van der Waals surface area (Å²) in [5.74, 6) is -0.716. The first kappa shape index (κ1) is 15.4. The van der Waals surface area contributed by atoms with E-state index in [1.807, 2.05) is 6.92 Å². The Balaban J connectivity index is 2.27. The Labute approximate surface area is 111 Å². The molecule has 106 valence electrons. The number of hydrogen-bond acceptors (Lipinski definition) is 3. The Morgan fingerprint density at radius 1 is 1.44 bits per heavy atom. The summed E-state index contributed by atoms with van der Waals surface area (Å²) in [4.78, 5) is 13.6. The van der Waals surface area contributed by atoms with Gasteiger partial charge in [0.05, 0.1) is 0 Å². The van der Waals surface area contributed by atoms with Crippen molar-refractivity contribution in [1.82, 2.24) is 10.2 Å². The smallest absolute Gasteiger partial charge is 0.323 e. The van der Waals surface area contributed by atoms with Crippen LogP contribution in [0.1, 0.15) is 52.9 Å². The highest BCUT2D eigenvalue weighted by atomic mass is 16.4. The molecule has 18 heavy (non-hydrogen) atoms. The van der Waals surface area contributed by atoms with Crippen molar-refractivity contribution in [2.45, 2.75) is 70.5 Å². The van der Waals surface area contributed by atoms with Crippen molar-refractivity contribution in [3.05, 3.63) is 0 Å². The van der Waals surface area contributed by atoms with E-state index < -0.39 is 11.5 Å². The van der Waals surface area contributed by atoms with E-state index in [1.54, 1.807) is 0 Å². The van der Waals surface area contributed by atoms with Crippen molar-refractivity contribution >= 4 is 5.97 Å². The van der Waals surface area contributed by atoms with Gasteiger partial charge in [-0.3, -0.25) is 10.1 Å². The third-order valence-electron chi connectivity index (χ3n) is 3.89. The minimum Gasteiger partial charge on any atom is -0.480 e. The second kappa shape index (κ2) is 6.53. The van der Waals surface area contributed by atoms with Crippen LogP contribution >= 0.6 is 0 Å². The van der Waals surface area contributed by atoms with E-state index in [2.05, 4.69) is 31.1 Å². The number of nitrogens with one attached hydrogen (secondary N) is 1. The highest BCUT2D eigenvalue weighted by molar-refractivity contribution is 5.78. The highest BCUT2D eigenvalue weighted by Crippen LogP contribution is 2.25. The molecule has 1 saturated carbocycles. The fourth-order valence-electron chi connectivity index (χ4n) is 2.02. The lowest BCUT2D eigenvalue weighted by molar-refractivity contribution is -0.144. The number of hydrogen-bond donors (Lipinski definition) is 2. The minimum atomic E-state index is -0.739. The van der Waals surface area contributed by atoms with E-state index in [1.165, 1.54) is 0 Å². The van der Waals surface area contributed by atoms with Crippen LogP contribution in [0.4, 0.5) is 0 Å². The van der Waals surface area contributed by atoms with Gasteiger partial charge in [-0.15, -0.1) is 0 Å². The van der Waals surface area contributed by atoms with Gasteiger partial charge in [-0.05, 0) is 66.5 Å². The Kier molecular flexibility index (Phi) is 5.60. The summed E-state index contributed by atoms with van der Waals surface area (Å²) in [6.45, 7) is 7.21. The number of carboxylic acid groups (broad SMARTS) is 1. The molecular formula is C14H28N2O2. The first-order valence-electron chi connectivity index (χ1n) is 7.06. The topological polar surface area (TPSA) is 52.6 Å².